The number of anilines is 1. The normalized spacial score (nSPS) is 15.9. The minimum atomic E-state index is -1.13. The highest BCUT2D eigenvalue weighted by molar-refractivity contribution is 7.80. The maximum absolute atomic E-state index is 14.0. The number of nitrogens with two attached hydrogens (primary N) is 1. The summed E-state index contributed by atoms with van der Waals surface area (Å²) in [4.78, 5) is 34.7. The average molecular weight is 484 g/mol. The fourth-order valence-corrected chi connectivity index (χ4v) is 4.19. The summed E-state index contributed by atoms with van der Waals surface area (Å²) in [5.41, 5.74) is 10.1. The summed E-state index contributed by atoms with van der Waals surface area (Å²) >= 11 is 4.15. The minimum absolute atomic E-state index is 0.143. The van der Waals surface area contributed by atoms with E-state index in [1.165, 1.54) is 11.9 Å². The second-order valence-corrected chi connectivity index (χ2v) is 8.57. The van der Waals surface area contributed by atoms with E-state index in [1.54, 1.807) is 23.1 Å². The van der Waals surface area contributed by atoms with E-state index in [4.69, 9.17) is 10.7 Å². The third-order valence-corrected chi connectivity index (χ3v) is 6.25. The molecule has 4 rings (SSSR count). The van der Waals surface area contributed by atoms with Crippen LogP contribution in [0.1, 0.15) is 22.3 Å². The van der Waals surface area contributed by atoms with Crippen LogP contribution in [0, 0.1) is 11.3 Å². The van der Waals surface area contributed by atoms with Gasteiger partial charge in [-0.05, 0) is 23.8 Å². The average Bonchev–Trinajstić information content (AvgIpc) is 3.02. The molecule has 2 atom stereocenters. The van der Waals surface area contributed by atoms with Crippen LogP contribution in [0.5, 0.6) is 0 Å². The summed E-state index contributed by atoms with van der Waals surface area (Å²) in [7, 11) is 1.53. The van der Waals surface area contributed by atoms with Crippen molar-refractivity contribution in [1.29, 1.82) is 5.26 Å². The fourth-order valence-electron chi connectivity index (χ4n) is 4.04. The molecule has 176 valence electrons. The Morgan fingerprint density at radius 3 is 2.57 bits per heavy atom. The van der Waals surface area contributed by atoms with Crippen molar-refractivity contribution >= 4 is 35.8 Å². The molecule has 1 heterocycles. The molecule has 1 aliphatic rings. The zero-order chi connectivity index (χ0) is 24.9. The summed E-state index contributed by atoms with van der Waals surface area (Å²) in [6, 6.07) is 25.5. The van der Waals surface area contributed by atoms with E-state index >= 15 is 0 Å². The van der Waals surface area contributed by atoms with Gasteiger partial charge >= 0.3 is 0 Å². The third-order valence-electron chi connectivity index (χ3n) is 5.86. The van der Waals surface area contributed by atoms with Crippen molar-refractivity contribution in [3.63, 3.8) is 0 Å². The monoisotopic (exact) mass is 483 g/mol. The van der Waals surface area contributed by atoms with Crippen LogP contribution in [0.4, 0.5) is 5.69 Å². The van der Waals surface area contributed by atoms with Crippen molar-refractivity contribution in [2.75, 3.05) is 17.7 Å². The molecule has 1 aliphatic heterocycles. The lowest BCUT2D eigenvalue weighted by molar-refractivity contribution is -0.138. The van der Waals surface area contributed by atoms with E-state index in [1.807, 2.05) is 60.7 Å². The molecule has 0 fully saturated rings. The van der Waals surface area contributed by atoms with Crippen LogP contribution in [0.25, 0.3) is 0 Å². The third kappa shape index (κ3) is 4.97. The van der Waals surface area contributed by atoms with Crippen molar-refractivity contribution in [3.05, 3.63) is 101 Å². The van der Waals surface area contributed by atoms with Crippen LogP contribution < -0.4 is 10.6 Å². The van der Waals surface area contributed by atoms with Crippen molar-refractivity contribution < 1.29 is 9.59 Å². The molecule has 2 amide bonds. The summed E-state index contributed by atoms with van der Waals surface area (Å²) in [6.45, 7) is 0.208. The van der Waals surface area contributed by atoms with Crippen LogP contribution in [-0.4, -0.2) is 47.4 Å². The number of hydrogen-bond donors (Lipinski definition) is 2. The van der Waals surface area contributed by atoms with E-state index in [0.717, 1.165) is 16.7 Å². The number of carbonyl (C=O) groups excluding carboxylic acids is 2. The largest absolute Gasteiger partial charge is 0.319 e. The molecule has 0 aromatic heterocycles. The molecule has 3 aromatic rings. The number of thiol groups is 1. The first-order chi connectivity index (χ1) is 16.9. The number of benzodiazepines with no additional fused rings is 1. The zero-order valence-electron chi connectivity index (χ0n) is 19.2. The lowest BCUT2D eigenvalue weighted by Crippen LogP contribution is -2.52. The van der Waals surface area contributed by atoms with Gasteiger partial charge in [0.2, 0.25) is 12.1 Å². The van der Waals surface area contributed by atoms with Gasteiger partial charge in [0.15, 0.2) is 0 Å². The van der Waals surface area contributed by atoms with Gasteiger partial charge in [0, 0.05) is 23.9 Å². The van der Waals surface area contributed by atoms with Gasteiger partial charge in [-0.2, -0.15) is 17.9 Å². The molecular weight excluding hydrogens is 458 g/mol. The van der Waals surface area contributed by atoms with Gasteiger partial charge < -0.3 is 15.5 Å². The number of likely N-dealkylation sites (N-methyl/N-ethyl adjacent to an activating group) is 1. The Morgan fingerprint density at radius 1 is 1.14 bits per heavy atom. The van der Waals surface area contributed by atoms with Gasteiger partial charge in [0.1, 0.15) is 0 Å². The predicted octanol–water partition coefficient (Wildman–Crippen LogP) is 2.98. The molecule has 0 spiro atoms. The van der Waals surface area contributed by atoms with E-state index in [2.05, 4.69) is 18.7 Å². The summed E-state index contributed by atoms with van der Waals surface area (Å²) < 4.78 is 0. The van der Waals surface area contributed by atoms with Gasteiger partial charge in [-0.25, -0.2) is 4.99 Å². The first-order valence-corrected chi connectivity index (χ1v) is 11.7. The number of carbonyl (C=O) groups is 2. The Hall–Kier alpha value is -3.93. The number of benzene rings is 3. The number of para-hydroxylation sites is 1. The standard InChI is InChI=1S/C27H25N5O2S/c1-31(26(33)22(29)17-35)25-27(34)32(16-19-9-7-8-18(14-19)15-28)23-13-6-5-12-21(23)24(30-25)20-10-3-2-4-11-20/h2-14,22,25,35H,16-17,29H2,1H3. The van der Waals surface area contributed by atoms with Crippen molar-refractivity contribution in [2.45, 2.75) is 18.8 Å². The van der Waals surface area contributed by atoms with Crippen LogP contribution in [0.2, 0.25) is 0 Å². The first kappa shape index (κ1) is 24.2. The quantitative estimate of drug-likeness (QED) is 0.526. The molecule has 8 heteroatoms. The topological polar surface area (TPSA) is 103 Å². The molecule has 0 saturated heterocycles. The molecule has 0 saturated carbocycles. The Morgan fingerprint density at radius 2 is 1.86 bits per heavy atom. The van der Waals surface area contributed by atoms with Crippen molar-refractivity contribution in [2.24, 2.45) is 10.7 Å². The lowest BCUT2D eigenvalue weighted by atomic mass is 10.00. The van der Waals surface area contributed by atoms with Crippen LogP contribution in [-0.2, 0) is 16.1 Å². The maximum atomic E-state index is 14.0. The SMILES string of the molecule is CN(C(=O)C(N)CS)C1N=C(c2ccccc2)c2ccccc2N(Cc2cccc(C#N)c2)C1=O. The van der Waals surface area contributed by atoms with E-state index in [9.17, 15) is 14.9 Å². The van der Waals surface area contributed by atoms with Crippen molar-refractivity contribution in [1.82, 2.24) is 4.90 Å². The van der Waals surface area contributed by atoms with Gasteiger partial charge in [0.05, 0.1) is 35.6 Å². The number of nitrogens with zero attached hydrogens (tertiary/aromatic N) is 4. The van der Waals surface area contributed by atoms with E-state index in [-0.39, 0.29) is 18.2 Å². The van der Waals surface area contributed by atoms with Gasteiger partial charge in [0.25, 0.3) is 5.91 Å². The molecule has 0 aliphatic carbocycles. The van der Waals surface area contributed by atoms with Gasteiger partial charge in [-0.3, -0.25) is 9.59 Å². The lowest BCUT2D eigenvalue weighted by Gasteiger charge is -2.30. The van der Waals surface area contributed by atoms with Crippen LogP contribution in [0.3, 0.4) is 0 Å². The molecule has 0 bridgehead atoms. The summed E-state index contributed by atoms with van der Waals surface area (Å²) in [6.07, 6.45) is -1.13. The molecule has 35 heavy (non-hydrogen) atoms. The fraction of sp³-hybridized carbons (Fsp3) is 0.185. The molecular formula is C27H25N5O2S. The second-order valence-electron chi connectivity index (χ2n) is 8.21. The van der Waals surface area contributed by atoms with Crippen molar-refractivity contribution in [3.8, 4) is 6.07 Å². The number of nitriles is 1. The molecule has 3 aromatic carbocycles. The number of aliphatic imine (C=N–C) groups is 1. The highest BCUT2D eigenvalue weighted by Crippen LogP contribution is 2.30. The number of amides is 2. The summed E-state index contributed by atoms with van der Waals surface area (Å²) in [5.74, 6) is -0.649. The zero-order valence-corrected chi connectivity index (χ0v) is 20.1. The molecule has 7 nitrogen and oxygen atoms in total. The van der Waals surface area contributed by atoms with E-state index in [0.29, 0.717) is 17.0 Å². The second kappa shape index (κ2) is 10.6. The highest BCUT2D eigenvalue weighted by atomic mass is 32.1. The first-order valence-electron chi connectivity index (χ1n) is 11.1. The minimum Gasteiger partial charge on any atom is -0.319 e. The summed E-state index contributed by atoms with van der Waals surface area (Å²) in [5, 5.41) is 9.32. The van der Waals surface area contributed by atoms with Gasteiger partial charge in [-0.1, -0.05) is 60.7 Å². The number of hydrogen-bond acceptors (Lipinski definition) is 6. The molecule has 2 N–H and O–H groups in total. The maximum Gasteiger partial charge on any atom is 0.272 e. The Kier molecular flexibility index (Phi) is 7.30. The Labute approximate surface area is 209 Å². The number of rotatable bonds is 6. The number of fused-ring (bicyclic) bond motifs is 1. The van der Waals surface area contributed by atoms with Gasteiger partial charge in [-0.15, -0.1) is 0 Å². The molecule has 2 unspecified atom stereocenters. The predicted molar refractivity (Wildman–Crippen MR) is 139 cm³/mol. The smallest absolute Gasteiger partial charge is 0.272 e. The van der Waals surface area contributed by atoms with Crippen LogP contribution >= 0.6 is 12.6 Å². The van der Waals surface area contributed by atoms with E-state index < -0.39 is 18.1 Å². The van der Waals surface area contributed by atoms with Crippen LogP contribution in [0.15, 0.2) is 83.9 Å². The highest BCUT2D eigenvalue weighted by Gasteiger charge is 2.37. The Bertz CT molecular complexity index is 1320. The molecule has 0 radical (unpaired) electrons. The Balaban J connectivity index is 1.88.